The second kappa shape index (κ2) is 8.48. The van der Waals surface area contributed by atoms with Crippen molar-refractivity contribution in [1.29, 1.82) is 0 Å². The van der Waals surface area contributed by atoms with Crippen LogP contribution >= 0.6 is 0 Å². The van der Waals surface area contributed by atoms with Crippen LogP contribution in [-0.2, 0) is 13.1 Å². The number of rotatable bonds is 9. The van der Waals surface area contributed by atoms with Crippen molar-refractivity contribution >= 4 is 0 Å². The SMILES string of the molecule is CC(C)CNCc1occc1CN(C)C(C)CC(C)C. The first kappa shape index (κ1) is 17.3. The molecular weight excluding hydrogens is 248 g/mol. The van der Waals surface area contributed by atoms with E-state index in [0.717, 1.165) is 31.3 Å². The molecule has 1 unspecified atom stereocenters. The van der Waals surface area contributed by atoms with Crippen LogP contribution in [0.15, 0.2) is 16.7 Å². The van der Waals surface area contributed by atoms with Gasteiger partial charge >= 0.3 is 0 Å². The van der Waals surface area contributed by atoms with E-state index >= 15 is 0 Å². The van der Waals surface area contributed by atoms with Gasteiger partial charge in [0.1, 0.15) is 5.76 Å². The van der Waals surface area contributed by atoms with Gasteiger partial charge < -0.3 is 9.73 Å². The van der Waals surface area contributed by atoms with Crippen molar-refractivity contribution in [3.63, 3.8) is 0 Å². The highest BCUT2D eigenvalue weighted by molar-refractivity contribution is 5.16. The summed E-state index contributed by atoms with van der Waals surface area (Å²) in [6, 6.07) is 2.70. The van der Waals surface area contributed by atoms with Gasteiger partial charge in [0.05, 0.1) is 12.8 Å². The van der Waals surface area contributed by atoms with E-state index < -0.39 is 0 Å². The standard InChI is InChI=1S/C17H32N2O/c1-13(2)9-15(5)19(6)12-16-7-8-20-17(16)11-18-10-14(3)4/h7-8,13-15,18H,9-12H2,1-6H3. The van der Waals surface area contributed by atoms with Crippen LogP contribution in [0.3, 0.4) is 0 Å². The third-order valence-corrected chi connectivity index (χ3v) is 3.66. The van der Waals surface area contributed by atoms with Crippen molar-refractivity contribution in [3.05, 3.63) is 23.7 Å². The molecule has 0 aromatic carbocycles. The predicted octanol–water partition coefficient (Wildman–Crippen LogP) is 3.89. The molecule has 1 atom stereocenters. The molecular formula is C17H32N2O. The van der Waals surface area contributed by atoms with Crippen LogP contribution in [0.4, 0.5) is 0 Å². The van der Waals surface area contributed by atoms with Crippen molar-refractivity contribution in [2.24, 2.45) is 11.8 Å². The normalized spacial score (nSPS) is 13.7. The Labute approximate surface area is 124 Å². The summed E-state index contributed by atoms with van der Waals surface area (Å²) in [5.41, 5.74) is 1.30. The summed E-state index contributed by atoms with van der Waals surface area (Å²) in [5.74, 6) is 2.49. The lowest BCUT2D eigenvalue weighted by atomic mass is 10.0. The van der Waals surface area contributed by atoms with E-state index in [1.165, 1.54) is 12.0 Å². The molecule has 116 valence electrons. The van der Waals surface area contributed by atoms with E-state index in [1.807, 2.05) is 6.26 Å². The Kier molecular flexibility index (Phi) is 7.31. The van der Waals surface area contributed by atoms with Crippen molar-refractivity contribution in [2.75, 3.05) is 13.6 Å². The fourth-order valence-electron chi connectivity index (χ4n) is 2.42. The summed E-state index contributed by atoms with van der Waals surface area (Å²) >= 11 is 0. The van der Waals surface area contributed by atoms with Gasteiger partial charge in [0.25, 0.3) is 0 Å². The Morgan fingerprint density at radius 2 is 1.85 bits per heavy atom. The van der Waals surface area contributed by atoms with Crippen molar-refractivity contribution < 1.29 is 4.42 Å². The summed E-state index contributed by atoms with van der Waals surface area (Å²) in [6.45, 7) is 14.1. The Bertz CT molecular complexity index is 371. The zero-order valence-electron chi connectivity index (χ0n) is 14.1. The fourth-order valence-corrected chi connectivity index (χ4v) is 2.42. The summed E-state index contributed by atoms with van der Waals surface area (Å²) in [5, 5.41) is 3.45. The number of nitrogens with zero attached hydrogens (tertiary/aromatic N) is 1. The van der Waals surface area contributed by atoms with Gasteiger partial charge in [0.2, 0.25) is 0 Å². The molecule has 0 radical (unpaired) electrons. The molecule has 0 saturated heterocycles. The minimum atomic E-state index is 0.598. The topological polar surface area (TPSA) is 28.4 Å². The molecule has 1 N–H and O–H groups in total. The van der Waals surface area contributed by atoms with Gasteiger partial charge in [-0.25, -0.2) is 0 Å². The molecule has 0 aliphatic rings. The monoisotopic (exact) mass is 280 g/mol. The van der Waals surface area contributed by atoms with E-state index in [4.69, 9.17) is 4.42 Å². The predicted molar refractivity (Wildman–Crippen MR) is 85.6 cm³/mol. The summed E-state index contributed by atoms with van der Waals surface area (Å²) in [6.07, 6.45) is 3.04. The lowest BCUT2D eigenvalue weighted by Crippen LogP contribution is -2.30. The second-order valence-corrected chi connectivity index (χ2v) is 6.79. The summed E-state index contributed by atoms with van der Waals surface area (Å²) < 4.78 is 5.62. The Morgan fingerprint density at radius 3 is 2.45 bits per heavy atom. The molecule has 0 spiro atoms. The molecule has 1 heterocycles. The Morgan fingerprint density at radius 1 is 1.15 bits per heavy atom. The second-order valence-electron chi connectivity index (χ2n) is 6.79. The first-order valence-electron chi connectivity index (χ1n) is 7.86. The van der Waals surface area contributed by atoms with Crippen molar-refractivity contribution in [3.8, 4) is 0 Å². The molecule has 20 heavy (non-hydrogen) atoms. The summed E-state index contributed by atoms with van der Waals surface area (Å²) in [4.78, 5) is 2.41. The largest absolute Gasteiger partial charge is 0.468 e. The number of nitrogens with one attached hydrogen (secondary N) is 1. The molecule has 1 rings (SSSR count). The highest BCUT2D eigenvalue weighted by atomic mass is 16.3. The van der Waals surface area contributed by atoms with Gasteiger partial charge in [0.15, 0.2) is 0 Å². The smallest absolute Gasteiger partial charge is 0.122 e. The van der Waals surface area contributed by atoms with E-state index in [2.05, 4.69) is 57.9 Å². The molecule has 3 heteroatoms. The highest BCUT2D eigenvalue weighted by Gasteiger charge is 2.14. The summed E-state index contributed by atoms with van der Waals surface area (Å²) in [7, 11) is 2.20. The fraction of sp³-hybridized carbons (Fsp3) is 0.765. The average Bonchev–Trinajstić information content (AvgIpc) is 2.75. The molecule has 0 aliphatic carbocycles. The van der Waals surface area contributed by atoms with E-state index in [0.29, 0.717) is 12.0 Å². The van der Waals surface area contributed by atoms with Gasteiger partial charge in [-0.2, -0.15) is 0 Å². The maximum atomic E-state index is 5.62. The van der Waals surface area contributed by atoms with Crippen LogP contribution in [0.5, 0.6) is 0 Å². The third-order valence-electron chi connectivity index (χ3n) is 3.66. The van der Waals surface area contributed by atoms with Crippen LogP contribution < -0.4 is 5.32 Å². The van der Waals surface area contributed by atoms with Gasteiger partial charge in [-0.05, 0) is 44.8 Å². The number of furan rings is 1. The quantitative estimate of drug-likeness (QED) is 0.744. The first-order valence-corrected chi connectivity index (χ1v) is 7.86. The molecule has 0 fully saturated rings. The van der Waals surface area contributed by atoms with Gasteiger partial charge in [-0.3, -0.25) is 4.90 Å². The van der Waals surface area contributed by atoms with Crippen LogP contribution in [-0.4, -0.2) is 24.5 Å². The van der Waals surface area contributed by atoms with Crippen LogP contribution in [0, 0.1) is 11.8 Å². The maximum absolute atomic E-state index is 5.62. The van der Waals surface area contributed by atoms with Crippen LogP contribution in [0.2, 0.25) is 0 Å². The zero-order chi connectivity index (χ0) is 15.1. The Balaban J connectivity index is 2.49. The molecule has 0 aliphatic heterocycles. The zero-order valence-corrected chi connectivity index (χ0v) is 14.1. The molecule has 1 aromatic rings. The van der Waals surface area contributed by atoms with E-state index in [1.54, 1.807) is 0 Å². The van der Waals surface area contributed by atoms with Gasteiger partial charge in [-0.15, -0.1) is 0 Å². The molecule has 3 nitrogen and oxygen atoms in total. The highest BCUT2D eigenvalue weighted by Crippen LogP contribution is 2.16. The van der Waals surface area contributed by atoms with E-state index in [-0.39, 0.29) is 0 Å². The third kappa shape index (κ3) is 6.10. The first-order chi connectivity index (χ1) is 9.40. The van der Waals surface area contributed by atoms with Gasteiger partial charge in [-0.1, -0.05) is 27.7 Å². The number of hydrogen-bond donors (Lipinski definition) is 1. The van der Waals surface area contributed by atoms with Crippen LogP contribution in [0.1, 0.15) is 52.4 Å². The average molecular weight is 280 g/mol. The molecule has 0 saturated carbocycles. The maximum Gasteiger partial charge on any atom is 0.122 e. The molecule has 1 aromatic heterocycles. The molecule has 0 bridgehead atoms. The lowest BCUT2D eigenvalue weighted by Gasteiger charge is -2.26. The van der Waals surface area contributed by atoms with E-state index in [9.17, 15) is 0 Å². The van der Waals surface area contributed by atoms with Crippen molar-refractivity contribution in [1.82, 2.24) is 10.2 Å². The van der Waals surface area contributed by atoms with Crippen molar-refractivity contribution in [2.45, 2.75) is 60.2 Å². The van der Waals surface area contributed by atoms with Gasteiger partial charge in [0, 0.05) is 18.2 Å². The number of hydrogen-bond acceptors (Lipinski definition) is 3. The minimum absolute atomic E-state index is 0.598. The Hall–Kier alpha value is -0.800. The lowest BCUT2D eigenvalue weighted by molar-refractivity contribution is 0.219. The molecule has 0 amide bonds. The minimum Gasteiger partial charge on any atom is -0.468 e. The van der Waals surface area contributed by atoms with Crippen LogP contribution in [0.25, 0.3) is 0 Å².